The van der Waals surface area contributed by atoms with Gasteiger partial charge in [-0.15, -0.1) is 0 Å². The minimum Gasteiger partial charge on any atom is -0.458 e. The maximum absolute atomic E-state index is 5.76. The normalized spacial score (nSPS) is 16.7. The highest BCUT2D eigenvalue weighted by Gasteiger charge is 2.22. The summed E-state index contributed by atoms with van der Waals surface area (Å²) in [4.78, 5) is 4.41. The second-order valence-electron chi connectivity index (χ2n) is 4.22. The zero-order valence-corrected chi connectivity index (χ0v) is 11.9. The average Bonchev–Trinajstić information content (AvgIpc) is 3.07. The van der Waals surface area contributed by atoms with Crippen molar-refractivity contribution in [1.82, 2.24) is 4.98 Å². The molecule has 2 aromatic carbocycles. The van der Waals surface area contributed by atoms with Gasteiger partial charge in [-0.1, -0.05) is 24.3 Å². The first-order valence-corrected chi connectivity index (χ1v) is 8.31. The van der Waals surface area contributed by atoms with Crippen molar-refractivity contribution in [1.29, 1.82) is 0 Å². The Kier molecular flexibility index (Phi) is 2.97. The molecule has 0 spiro atoms. The van der Waals surface area contributed by atoms with E-state index >= 15 is 0 Å². The van der Waals surface area contributed by atoms with Gasteiger partial charge in [0.2, 0.25) is 5.56 Å². The average molecular weight is 302 g/mol. The number of nitrogens with zero attached hydrogens (tertiary/aromatic N) is 1. The van der Waals surface area contributed by atoms with E-state index in [1.165, 1.54) is 21.6 Å². The van der Waals surface area contributed by atoms with Crippen LogP contribution in [0.25, 0.3) is 11.1 Å². The molecule has 1 aliphatic rings. The smallest absolute Gasteiger partial charge is 0.267 e. The molecule has 0 saturated carbocycles. The Morgan fingerprint density at radius 1 is 1.05 bits per heavy atom. The number of nitrogens with one attached hydrogen (secondary N) is 1. The molecule has 0 radical (unpaired) electrons. The van der Waals surface area contributed by atoms with Gasteiger partial charge >= 0.3 is 0 Å². The van der Waals surface area contributed by atoms with Crippen LogP contribution in [0.2, 0.25) is 0 Å². The third kappa shape index (κ3) is 2.21. The fourth-order valence-electron chi connectivity index (χ4n) is 1.98. The van der Waals surface area contributed by atoms with E-state index < -0.39 is 0 Å². The number of aromatic nitrogens is 1. The van der Waals surface area contributed by atoms with E-state index in [0.29, 0.717) is 5.22 Å². The van der Waals surface area contributed by atoms with Crippen LogP contribution in [0.15, 0.2) is 58.2 Å². The summed E-state index contributed by atoms with van der Waals surface area (Å²) in [6.45, 7) is 0. The summed E-state index contributed by atoms with van der Waals surface area (Å²) in [6.07, 6.45) is 0. The Morgan fingerprint density at radius 3 is 2.80 bits per heavy atom. The SMILES string of the molecule is c1ccc2c(c1)NC(SSc1nc3ccccc3o1)O2. The van der Waals surface area contributed by atoms with Crippen molar-refractivity contribution in [2.75, 3.05) is 5.32 Å². The van der Waals surface area contributed by atoms with Crippen molar-refractivity contribution >= 4 is 38.4 Å². The number of rotatable bonds is 3. The summed E-state index contributed by atoms with van der Waals surface area (Å²) in [5, 5.41) is 3.93. The van der Waals surface area contributed by atoms with Crippen LogP contribution in [-0.2, 0) is 0 Å². The van der Waals surface area contributed by atoms with Gasteiger partial charge < -0.3 is 14.5 Å². The van der Waals surface area contributed by atoms with Gasteiger partial charge in [0, 0.05) is 10.8 Å². The number of hydrogen-bond donors (Lipinski definition) is 1. The lowest BCUT2D eigenvalue weighted by Gasteiger charge is -2.07. The first-order chi connectivity index (χ1) is 9.88. The molecule has 6 heteroatoms. The van der Waals surface area contributed by atoms with Crippen molar-refractivity contribution in [3.63, 3.8) is 0 Å². The van der Waals surface area contributed by atoms with Crippen LogP contribution < -0.4 is 10.1 Å². The van der Waals surface area contributed by atoms with E-state index in [-0.39, 0.29) is 5.56 Å². The minimum absolute atomic E-state index is 0.132. The highest BCUT2D eigenvalue weighted by atomic mass is 33.1. The van der Waals surface area contributed by atoms with E-state index in [0.717, 1.165) is 22.5 Å². The molecular formula is C14H10N2O2S2. The van der Waals surface area contributed by atoms with E-state index in [2.05, 4.69) is 10.3 Å². The second-order valence-corrected chi connectivity index (χ2v) is 6.43. The van der Waals surface area contributed by atoms with Crippen LogP contribution in [0, 0.1) is 0 Å². The van der Waals surface area contributed by atoms with Crippen LogP contribution >= 0.6 is 21.6 Å². The molecule has 0 saturated heterocycles. The van der Waals surface area contributed by atoms with Crippen molar-refractivity contribution < 1.29 is 9.15 Å². The highest BCUT2D eigenvalue weighted by Crippen LogP contribution is 2.41. The standard InChI is InChI=1S/C14H10N2O2S2/c1-3-7-11-9(5-1)15-13(17-11)19-20-14-16-10-6-2-4-8-12(10)18-14/h1-8,13,15H. The van der Waals surface area contributed by atoms with Crippen LogP contribution in [0.5, 0.6) is 5.75 Å². The minimum atomic E-state index is -0.132. The molecule has 1 atom stereocenters. The monoisotopic (exact) mass is 302 g/mol. The Labute approximate surface area is 123 Å². The first-order valence-electron chi connectivity index (χ1n) is 6.10. The van der Waals surface area contributed by atoms with Gasteiger partial charge in [-0.05, 0) is 35.1 Å². The number of benzene rings is 2. The Bertz CT molecular complexity index is 702. The predicted octanol–water partition coefficient (Wildman–Crippen LogP) is 4.36. The van der Waals surface area contributed by atoms with Crippen molar-refractivity contribution in [3.05, 3.63) is 48.5 Å². The number of anilines is 1. The summed E-state index contributed by atoms with van der Waals surface area (Å²) < 4.78 is 11.4. The topological polar surface area (TPSA) is 47.3 Å². The quantitative estimate of drug-likeness (QED) is 0.726. The number of ether oxygens (including phenoxy) is 1. The summed E-state index contributed by atoms with van der Waals surface area (Å²) in [6, 6.07) is 15.6. The molecule has 100 valence electrons. The van der Waals surface area contributed by atoms with Crippen LogP contribution in [-0.4, -0.2) is 10.5 Å². The van der Waals surface area contributed by atoms with Gasteiger partial charge in [0.05, 0.1) is 5.69 Å². The Morgan fingerprint density at radius 2 is 1.90 bits per heavy atom. The van der Waals surface area contributed by atoms with Gasteiger partial charge in [0.15, 0.2) is 5.58 Å². The highest BCUT2D eigenvalue weighted by molar-refractivity contribution is 8.76. The van der Waals surface area contributed by atoms with E-state index in [4.69, 9.17) is 9.15 Å². The maximum Gasteiger partial charge on any atom is 0.267 e. The summed E-state index contributed by atoms with van der Waals surface area (Å²) in [5.41, 5.74) is 2.56. The molecular weight excluding hydrogens is 292 g/mol. The Hall–Kier alpha value is -1.79. The molecule has 20 heavy (non-hydrogen) atoms. The summed E-state index contributed by atoms with van der Waals surface area (Å²) in [7, 11) is 3.00. The van der Waals surface area contributed by atoms with Gasteiger partial charge in [0.1, 0.15) is 11.3 Å². The summed E-state index contributed by atoms with van der Waals surface area (Å²) in [5.74, 6) is 0.878. The number of fused-ring (bicyclic) bond motifs is 2. The molecule has 0 bridgehead atoms. The third-order valence-electron chi connectivity index (χ3n) is 2.88. The van der Waals surface area contributed by atoms with E-state index in [1.54, 1.807) is 0 Å². The molecule has 2 heterocycles. The zero-order valence-electron chi connectivity index (χ0n) is 10.3. The van der Waals surface area contributed by atoms with Gasteiger partial charge in [0.25, 0.3) is 5.22 Å². The largest absolute Gasteiger partial charge is 0.458 e. The Balaban J connectivity index is 1.44. The second kappa shape index (κ2) is 4.96. The van der Waals surface area contributed by atoms with Crippen molar-refractivity contribution in [3.8, 4) is 5.75 Å². The fourth-order valence-corrected chi connectivity index (χ4v) is 3.71. The molecule has 4 nitrogen and oxygen atoms in total. The van der Waals surface area contributed by atoms with Crippen LogP contribution in [0.4, 0.5) is 5.69 Å². The van der Waals surface area contributed by atoms with Gasteiger partial charge in [-0.3, -0.25) is 0 Å². The number of hydrogen-bond acceptors (Lipinski definition) is 6. The number of oxazole rings is 1. The lowest BCUT2D eigenvalue weighted by Crippen LogP contribution is -2.13. The van der Waals surface area contributed by atoms with Crippen LogP contribution in [0.1, 0.15) is 0 Å². The van der Waals surface area contributed by atoms with E-state index in [1.807, 2.05) is 48.5 Å². The first kappa shape index (κ1) is 12.0. The van der Waals surface area contributed by atoms with E-state index in [9.17, 15) is 0 Å². The van der Waals surface area contributed by atoms with Gasteiger partial charge in [-0.2, -0.15) is 0 Å². The predicted molar refractivity (Wildman–Crippen MR) is 81.9 cm³/mol. The molecule has 1 aliphatic heterocycles. The molecule has 0 amide bonds. The molecule has 1 aromatic heterocycles. The lowest BCUT2D eigenvalue weighted by molar-refractivity contribution is 0.342. The lowest BCUT2D eigenvalue weighted by atomic mass is 10.3. The maximum atomic E-state index is 5.76. The fraction of sp³-hybridized carbons (Fsp3) is 0.0714. The third-order valence-corrected chi connectivity index (χ3v) is 4.92. The molecule has 3 aromatic rings. The van der Waals surface area contributed by atoms with Crippen molar-refractivity contribution in [2.24, 2.45) is 0 Å². The molecule has 4 rings (SSSR count). The van der Waals surface area contributed by atoms with Crippen molar-refractivity contribution in [2.45, 2.75) is 10.8 Å². The van der Waals surface area contributed by atoms with Crippen LogP contribution in [0.3, 0.4) is 0 Å². The number of para-hydroxylation sites is 4. The van der Waals surface area contributed by atoms with Gasteiger partial charge in [-0.25, -0.2) is 4.98 Å². The molecule has 0 aliphatic carbocycles. The molecule has 0 fully saturated rings. The zero-order chi connectivity index (χ0) is 13.4. The molecule has 1 unspecified atom stereocenters. The molecule has 1 N–H and O–H groups in total. The summed E-state index contributed by atoms with van der Waals surface area (Å²) >= 11 is 0.